The average Bonchev–Trinajstić information content (AvgIpc) is 1.94. The monoisotopic (exact) mass is 138 g/mol. The summed E-state index contributed by atoms with van der Waals surface area (Å²) >= 11 is 0. The number of hydrogen-bond acceptors (Lipinski definition) is 1. The lowest BCUT2D eigenvalue weighted by Gasteiger charge is -1.92. The number of hydrogen-bond donors (Lipinski definition) is 1. The van der Waals surface area contributed by atoms with Crippen molar-refractivity contribution in [1.29, 1.82) is 0 Å². The maximum atomic E-state index is 9.15. The summed E-state index contributed by atoms with van der Waals surface area (Å²) < 4.78 is 1.16. The van der Waals surface area contributed by atoms with E-state index in [4.69, 9.17) is 5.21 Å². The predicted octanol–water partition coefficient (Wildman–Crippen LogP) is 1.08. The third kappa shape index (κ3) is 1.26. The molecule has 1 aromatic heterocycles. The molecule has 0 atom stereocenters. The Morgan fingerprint density at radius 2 is 2.30 bits per heavy atom. The Labute approximate surface area is 60.7 Å². The molecule has 1 heterocycles. The molecule has 10 heavy (non-hydrogen) atoms. The van der Waals surface area contributed by atoms with Crippen LogP contribution in [0.3, 0.4) is 0 Å². The summed E-state index contributed by atoms with van der Waals surface area (Å²) in [5.41, 5.74) is 2.13. The molecule has 0 bridgehead atoms. The van der Waals surface area contributed by atoms with Gasteiger partial charge >= 0.3 is 0 Å². The second kappa shape index (κ2) is 2.69. The first-order valence-electron chi connectivity index (χ1n) is 3.44. The molecule has 0 amide bonds. The van der Waals surface area contributed by atoms with Crippen LogP contribution < -0.4 is 4.73 Å². The summed E-state index contributed by atoms with van der Waals surface area (Å²) in [5.74, 6) is 0. The Hall–Kier alpha value is -1.05. The van der Waals surface area contributed by atoms with Crippen LogP contribution in [0.4, 0.5) is 0 Å². The van der Waals surface area contributed by atoms with E-state index in [1.54, 1.807) is 6.20 Å². The fraction of sp³-hybridized carbons (Fsp3) is 0.375. The molecular formula is C8H12NO+. The highest BCUT2D eigenvalue weighted by Crippen LogP contribution is 1.97. The zero-order chi connectivity index (χ0) is 7.56. The van der Waals surface area contributed by atoms with Gasteiger partial charge in [0.1, 0.15) is 0 Å². The molecule has 0 spiro atoms. The van der Waals surface area contributed by atoms with Crippen molar-refractivity contribution in [3.8, 4) is 0 Å². The molecule has 0 aliphatic carbocycles. The topological polar surface area (TPSA) is 24.1 Å². The van der Waals surface area contributed by atoms with Gasteiger partial charge in [-0.2, -0.15) is 0 Å². The normalized spacial score (nSPS) is 9.80. The highest BCUT2D eigenvalue weighted by molar-refractivity contribution is 5.09. The lowest BCUT2D eigenvalue weighted by Crippen LogP contribution is -2.34. The van der Waals surface area contributed by atoms with Crippen molar-refractivity contribution in [3.63, 3.8) is 0 Å². The Morgan fingerprint density at radius 3 is 2.80 bits per heavy atom. The summed E-state index contributed by atoms with van der Waals surface area (Å²) in [7, 11) is 0. The van der Waals surface area contributed by atoms with Crippen molar-refractivity contribution in [2.45, 2.75) is 20.3 Å². The van der Waals surface area contributed by atoms with E-state index < -0.39 is 0 Å². The molecule has 0 fully saturated rings. The van der Waals surface area contributed by atoms with E-state index in [0.29, 0.717) is 0 Å². The summed E-state index contributed by atoms with van der Waals surface area (Å²) in [5, 5.41) is 9.15. The van der Waals surface area contributed by atoms with Crippen molar-refractivity contribution < 1.29 is 9.94 Å². The van der Waals surface area contributed by atoms with Gasteiger partial charge in [0.2, 0.25) is 11.9 Å². The molecular weight excluding hydrogens is 126 g/mol. The molecule has 1 aromatic rings. The zero-order valence-electron chi connectivity index (χ0n) is 6.33. The number of aryl methyl sites for hydroxylation is 2. The third-order valence-electron chi connectivity index (χ3n) is 1.53. The van der Waals surface area contributed by atoms with Crippen LogP contribution in [0.5, 0.6) is 0 Å². The Kier molecular flexibility index (Phi) is 1.90. The lowest BCUT2D eigenvalue weighted by molar-refractivity contribution is -0.909. The highest BCUT2D eigenvalue weighted by Gasteiger charge is 2.05. The van der Waals surface area contributed by atoms with E-state index in [1.807, 2.05) is 26.0 Å². The highest BCUT2D eigenvalue weighted by atomic mass is 16.5. The standard InChI is InChI=1S/C8H12NO/c1-3-8-6-7(2)4-5-9(8)10/h4-6,10H,3H2,1-2H3/q+1. The fourth-order valence-corrected chi connectivity index (χ4v) is 0.925. The van der Waals surface area contributed by atoms with E-state index in [0.717, 1.165) is 16.8 Å². The van der Waals surface area contributed by atoms with Crippen LogP contribution in [0.2, 0.25) is 0 Å². The van der Waals surface area contributed by atoms with E-state index in [-0.39, 0.29) is 0 Å². The Bertz CT molecular complexity index is 233. The quantitative estimate of drug-likeness (QED) is 0.455. The first kappa shape index (κ1) is 7.06. The molecule has 0 saturated heterocycles. The molecule has 0 aromatic carbocycles. The molecule has 0 radical (unpaired) electrons. The molecule has 2 nitrogen and oxygen atoms in total. The van der Waals surface area contributed by atoms with Crippen molar-refractivity contribution in [3.05, 3.63) is 29.6 Å². The molecule has 0 aliphatic heterocycles. The average molecular weight is 138 g/mol. The molecule has 0 saturated carbocycles. The minimum absolute atomic E-state index is 0.859. The van der Waals surface area contributed by atoms with Crippen LogP contribution in [0.25, 0.3) is 0 Å². The van der Waals surface area contributed by atoms with Gasteiger partial charge in [-0.05, 0) is 12.5 Å². The lowest BCUT2D eigenvalue weighted by atomic mass is 10.2. The van der Waals surface area contributed by atoms with Gasteiger partial charge in [0.25, 0.3) is 0 Å². The van der Waals surface area contributed by atoms with Gasteiger partial charge in [0, 0.05) is 23.3 Å². The van der Waals surface area contributed by atoms with Gasteiger partial charge < -0.3 is 0 Å². The maximum Gasteiger partial charge on any atom is 0.234 e. The van der Waals surface area contributed by atoms with Crippen molar-refractivity contribution in [1.82, 2.24) is 0 Å². The van der Waals surface area contributed by atoms with Gasteiger partial charge in [-0.25, -0.2) is 0 Å². The number of aromatic nitrogens is 1. The van der Waals surface area contributed by atoms with E-state index in [1.165, 1.54) is 5.56 Å². The van der Waals surface area contributed by atoms with Crippen LogP contribution >= 0.6 is 0 Å². The van der Waals surface area contributed by atoms with Crippen LogP contribution in [0.1, 0.15) is 18.2 Å². The van der Waals surface area contributed by atoms with E-state index in [2.05, 4.69) is 0 Å². The zero-order valence-corrected chi connectivity index (χ0v) is 6.33. The SMILES string of the molecule is CCc1cc(C)cc[n+]1O. The van der Waals surface area contributed by atoms with Gasteiger partial charge in [0.05, 0.1) is 0 Å². The molecule has 1 rings (SSSR count). The van der Waals surface area contributed by atoms with Crippen LogP contribution in [-0.2, 0) is 6.42 Å². The number of nitrogens with zero attached hydrogens (tertiary/aromatic N) is 1. The number of pyridine rings is 1. The number of rotatable bonds is 1. The first-order chi connectivity index (χ1) is 4.74. The first-order valence-corrected chi connectivity index (χ1v) is 3.44. The largest absolute Gasteiger partial charge is 0.285 e. The Balaban J connectivity index is 3.09. The van der Waals surface area contributed by atoms with Gasteiger partial charge in [-0.15, -0.1) is 0 Å². The molecule has 0 aliphatic rings. The third-order valence-corrected chi connectivity index (χ3v) is 1.53. The molecule has 54 valence electrons. The van der Waals surface area contributed by atoms with Crippen LogP contribution in [-0.4, -0.2) is 5.21 Å². The van der Waals surface area contributed by atoms with Crippen molar-refractivity contribution >= 4 is 0 Å². The van der Waals surface area contributed by atoms with Crippen molar-refractivity contribution in [2.24, 2.45) is 0 Å². The molecule has 0 unspecified atom stereocenters. The minimum atomic E-state index is 0.859. The van der Waals surface area contributed by atoms with Gasteiger partial charge in [-0.1, -0.05) is 6.92 Å². The Morgan fingerprint density at radius 1 is 1.60 bits per heavy atom. The molecule has 2 heteroatoms. The maximum absolute atomic E-state index is 9.15. The fourth-order valence-electron chi connectivity index (χ4n) is 0.925. The van der Waals surface area contributed by atoms with Crippen LogP contribution in [0, 0.1) is 6.92 Å². The summed E-state index contributed by atoms with van der Waals surface area (Å²) in [6.07, 6.45) is 2.52. The van der Waals surface area contributed by atoms with E-state index in [9.17, 15) is 0 Å². The minimum Gasteiger partial charge on any atom is -0.285 e. The van der Waals surface area contributed by atoms with Crippen LogP contribution in [0.15, 0.2) is 18.3 Å². The second-order valence-corrected chi connectivity index (χ2v) is 2.39. The second-order valence-electron chi connectivity index (χ2n) is 2.39. The van der Waals surface area contributed by atoms with E-state index >= 15 is 0 Å². The van der Waals surface area contributed by atoms with Gasteiger partial charge in [-0.3, -0.25) is 5.21 Å². The summed E-state index contributed by atoms with van der Waals surface area (Å²) in [6, 6.07) is 3.85. The predicted molar refractivity (Wildman–Crippen MR) is 37.9 cm³/mol. The van der Waals surface area contributed by atoms with Crippen molar-refractivity contribution in [2.75, 3.05) is 0 Å². The smallest absolute Gasteiger partial charge is 0.234 e. The summed E-state index contributed by atoms with van der Waals surface area (Å²) in [4.78, 5) is 0. The molecule has 1 N–H and O–H groups in total. The summed E-state index contributed by atoms with van der Waals surface area (Å²) in [6.45, 7) is 4.03. The van der Waals surface area contributed by atoms with Gasteiger partial charge in [0.15, 0.2) is 0 Å².